The third-order valence-electron chi connectivity index (χ3n) is 2.39. The Labute approximate surface area is 115 Å². The molecule has 18 heavy (non-hydrogen) atoms. The molecular weight excluding hydrogens is 296 g/mol. The van der Waals surface area contributed by atoms with Crippen LogP contribution in [-0.2, 0) is 16.0 Å². The van der Waals surface area contributed by atoms with Crippen LogP contribution in [0.4, 0.5) is 0 Å². The van der Waals surface area contributed by atoms with Crippen molar-refractivity contribution in [1.29, 1.82) is 0 Å². The minimum atomic E-state index is -0.205. The average molecular weight is 313 g/mol. The van der Waals surface area contributed by atoms with Crippen LogP contribution < -0.4 is 10.6 Å². The Morgan fingerprint density at radius 1 is 1.33 bits per heavy atom. The van der Waals surface area contributed by atoms with Crippen LogP contribution >= 0.6 is 15.9 Å². The normalized spacial score (nSPS) is 11.7. The molecule has 0 radical (unpaired) electrons. The Morgan fingerprint density at radius 2 is 2.00 bits per heavy atom. The number of rotatable bonds is 5. The van der Waals surface area contributed by atoms with E-state index in [1.165, 1.54) is 6.92 Å². The molecule has 1 atom stereocenters. The van der Waals surface area contributed by atoms with Crippen molar-refractivity contribution in [2.24, 2.45) is 0 Å². The summed E-state index contributed by atoms with van der Waals surface area (Å²) in [6.45, 7) is 3.35. The number of amides is 2. The van der Waals surface area contributed by atoms with E-state index < -0.39 is 0 Å². The fraction of sp³-hybridized carbons (Fsp3) is 0.385. The summed E-state index contributed by atoms with van der Waals surface area (Å²) in [4.78, 5) is 22.2. The molecule has 0 bridgehead atoms. The number of benzene rings is 1. The number of halogens is 1. The van der Waals surface area contributed by atoms with Crippen LogP contribution in [0.15, 0.2) is 28.7 Å². The van der Waals surface area contributed by atoms with Crippen molar-refractivity contribution in [3.8, 4) is 0 Å². The van der Waals surface area contributed by atoms with Crippen LogP contribution in [0.1, 0.15) is 19.4 Å². The second kappa shape index (κ2) is 7.16. The predicted molar refractivity (Wildman–Crippen MR) is 74.1 cm³/mol. The molecule has 0 unspecified atom stereocenters. The second-order valence-electron chi connectivity index (χ2n) is 4.17. The number of nitrogens with one attached hydrogen (secondary N) is 2. The van der Waals surface area contributed by atoms with E-state index in [1.807, 2.05) is 31.2 Å². The van der Waals surface area contributed by atoms with Crippen molar-refractivity contribution in [2.45, 2.75) is 26.3 Å². The summed E-state index contributed by atoms with van der Waals surface area (Å²) in [6.07, 6.45) is 0.743. The van der Waals surface area contributed by atoms with E-state index in [1.54, 1.807) is 0 Å². The lowest BCUT2D eigenvalue weighted by Crippen LogP contribution is -2.41. The van der Waals surface area contributed by atoms with Crippen molar-refractivity contribution in [2.75, 3.05) is 6.54 Å². The van der Waals surface area contributed by atoms with Gasteiger partial charge in [-0.25, -0.2) is 0 Å². The molecule has 1 aromatic carbocycles. The number of hydrogen-bond donors (Lipinski definition) is 2. The maximum atomic E-state index is 11.5. The molecule has 0 aliphatic carbocycles. The van der Waals surface area contributed by atoms with E-state index in [0.717, 1.165) is 16.5 Å². The summed E-state index contributed by atoms with van der Waals surface area (Å²) in [5.41, 5.74) is 1.14. The molecule has 2 N–H and O–H groups in total. The minimum Gasteiger partial charge on any atom is -0.352 e. The summed E-state index contributed by atoms with van der Waals surface area (Å²) in [7, 11) is 0. The molecule has 4 nitrogen and oxygen atoms in total. The standard InChI is InChI=1S/C13H17BrN2O2/c1-9(16-13(18)8-15-10(2)17)7-11-5-3-4-6-12(11)14/h3-6,9H,7-8H2,1-2H3,(H,15,17)(H,16,18)/t9-/m1/s1. The third-order valence-corrected chi connectivity index (χ3v) is 3.16. The largest absolute Gasteiger partial charge is 0.352 e. The summed E-state index contributed by atoms with van der Waals surface area (Å²) in [5.74, 6) is -0.381. The molecule has 1 rings (SSSR count). The Balaban J connectivity index is 2.42. The Kier molecular flexibility index (Phi) is 5.85. The first-order valence-electron chi connectivity index (χ1n) is 5.76. The summed E-state index contributed by atoms with van der Waals surface area (Å²) >= 11 is 3.47. The lowest BCUT2D eigenvalue weighted by Gasteiger charge is -2.15. The fourth-order valence-electron chi connectivity index (χ4n) is 1.58. The second-order valence-corrected chi connectivity index (χ2v) is 5.03. The van der Waals surface area contributed by atoms with Gasteiger partial charge in [-0.05, 0) is 25.0 Å². The van der Waals surface area contributed by atoms with Crippen LogP contribution in [-0.4, -0.2) is 24.4 Å². The monoisotopic (exact) mass is 312 g/mol. The van der Waals surface area contributed by atoms with Gasteiger partial charge < -0.3 is 10.6 Å². The first-order valence-corrected chi connectivity index (χ1v) is 6.55. The first-order chi connectivity index (χ1) is 8.49. The zero-order valence-corrected chi connectivity index (χ0v) is 12.1. The van der Waals surface area contributed by atoms with E-state index in [4.69, 9.17) is 0 Å². The molecule has 2 amide bonds. The van der Waals surface area contributed by atoms with Gasteiger partial charge in [0.25, 0.3) is 0 Å². The SMILES string of the molecule is CC(=O)NCC(=O)N[C@H](C)Cc1ccccc1Br. The van der Waals surface area contributed by atoms with E-state index >= 15 is 0 Å². The Hall–Kier alpha value is -1.36. The highest BCUT2D eigenvalue weighted by Crippen LogP contribution is 2.17. The van der Waals surface area contributed by atoms with Crippen molar-refractivity contribution >= 4 is 27.7 Å². The van der Waals surface area contributed by atoms with Crippen LogP contribution in [0.25, 0.3) is 0 Å². The van der Waals surface area contributed by atoms with Gasteiger partial charge in [0, 0.05) is 17.4 Å². The van der Waals surface area contributed by atoms with Gasteiger partial charge in [-0.1, -0.05) is 34.1 Å². The molecule has 98 valence electrons. The van der Waals surface area contributed by atoms with E-state index in [2.05, 4.69) is 26.6 Å². The zero-order chi connectivity index (χ0) is 13.5. The topological polar surface area (TPSA) is 58.2 Å². The maximum Gasteiger partial charge on any atom is 0.239 e. The van der Waals surface area contributed by atoms with E-state index in [0.29, 0.717) is 0 Å². The molecule has 0 aliphatic heterocycles. The molecule has 0 aliphatic rings. The Morgan fingerprint density at radius 3 is 2.61 bits per heavy atom. The molecule has 0 saturated heterocycles. The number of carbonyl (C=O) groups is 2. The molecule has 0 heterocycles. The highest BCUT2D eigenvalue weighted by molar-refractivity contribution is 9.10. The van der Waals surface area contributed by atoms with Gasteiger partial charge in [-0.2, -0.15) is 0 Å². The summed E-state index contributed by atoms with van der Waals surface area (Å²) < 4.78 is 1.04. The molecule has 0 aromatic heterocycles. The van der Waals surface area contributed by atoms with E-state index in [-0.39, 0.29) is 24.4 Å². The van der Waals surface area contributed by atoms with Crippen LogP contribution in [0.3, 0.4) is 0 Å². The highest BCUT2D eigenvalue weighted by Gasteiger charge is 2.09. The van der Waals surface area contributed by atoms with Gasteiger partial charge in [0.2, 0.25) is 11.8 Å². The third kappa shape index (κ3) is 5.31. The summed E-state index contributed by atoms with van der Waals surface area (Å²) in [6, 6.07) is 7.92. The smallest absolute Gasteiger partial charge is 0.239 e. The van der Waals surface area contributed by atoms with E-state index in [9.17, 15) is 9.59 Å². The van der Waals surface area contributed by atoms with Crippen molar-refractivity contribution in [3.05, 3.63) is 34.3 Å². The molecule has 0 spiro atoms. The van der Waals surface area contributed by atoms with Gasteiger partial charge >= 0.3 is 0 Å². The summed E-state index contributed by atoms with van der Waals surface area (Å²) in [5, 5.41) is 5.30. The predicted octanol–water partition coefficient (Wildman–Crippen LogP) is 1.63. The number of hydrogen-bond acceptors (Lipinski definition) is 2. The first kappa shape index (κ1) is 14.7. The zero-order valence-electron chi connectivity index (χ0n) is 10.5. The van der Waals surface area contributed by atoms with Crippen LogP contribution in [0.5, 0.6) is 0 Å². The van der Waals surface area contributed by atoms with Crippen molar-refractivity contribution in [3.63, 3.8) is 0 Å². The van der Waals surface area contributed by atoms with Gasteiger partial charge in [-0.3, -0.25) is 9.59 Å². The number of carbonyl (C=O) groups excluding carboxylic acids is 2. The fourth-order valence-corrected chi connectivity index (χ4v) is 2.02. The van der Waals surface area contributed by atoms with Crippen molar-refractivity contribution in [1.82, 2.24) is 10.6 Å². The van der Waals surface area contributed by atoms with Gasteiger partial charge in [-0.15, -0.1) is 0 Å². The van der Waals surface area contributed by atoms with Gasteiger partial charge in [0.15, 0.2) is 0 Å². The Bertz CT molecular complexity index is 435. The minimum absolute atomic E-state index is 0.0185. The molecule has 0 fully saturated rings. The molecule has 1 aromatic rings. The molecular formula is C13H17BrN2O2. The van der Waals surface area contributed by atoms with Crippen LogP contribution in [0.2, 0.25) is 0 Å². The van der Waals surface area contributed by atoms with Gasteiger partial charge in [0.05, 0.1) is 6.54 Å². The maximum absolute atomic E-state index is 11.5. The highest BCUT2D eigenvalue weighted by atomic mass is 79.9. The lowest BCUT2D eigenvalue weighted by atomic mass is 10.1. The van der Waals surface area contributed by atoms with Gasteiger partial charge in [0.1, 0.15) is 0 Å². The lowest BCUT2D eigenvalue weighted by molar-refractivity contribution is -0.125. The van der Waals surface area contributed by atoms with Crippen molar-refractivity contribution < 1.29 is 9.59 Å². The molecule has 5 heteroatoms. The van der Waals surface area contributed by atoms with Crippen LogP contribution in [0, 0.1) is 0 Å². The average Bonchev–Trinajstić information content (AvgIpc) is 2.29. The quantitative estimate of drug-likeness (QED) is 0.868. The molecule has 0 saturated carbocycles.